The van der Waals surface area contributed by atoms with E-state index in [2.05, 4.69) is 9.72 Å². The number of nitrogens with one attached hydrogen (secondary N) is 1. The quantitative estimate of drug-likeness (QED) is 0.607. The van der Waals surface area contributed by atoms with Gasteiger partial charge in [-0.15, -0.1) is 0 Å². The molecule has 0 aliphatic heterocycles. The summed E-state index contributed by atoms with van der Waals surface area (Å²) in [5.74, 6) is -0.830. The van der Waals surface area contributed by atoms with Crippen molar-refractivity contribution >= 4 is 16.9 Å². The summed E-state index contributed by atoms with van der Waals surface area (Å²) in [4.78, 5) is 15.1. The summed E-state index contributed by atoms with van der Waals surface area (Å²) in [5.41, 5.74) is 3.80. The fourth-order valence-electron chi connectivity index (χ4n) is 3.03. The van der Waals surface area contributed by atoms with Crippen LogP contribution in [0.2, 0.25) is 0 Å². The molecule has 0 amide bonds. The predicted molar refractivity (Wildman–Crippen MR) is 99.1 cm³/mol. The van der Waals surface area contributed by atoms with E-state index in [4.69, 9.17) is 4.74 Å². The molecular weight excluding hydrogens is 371 g/mol. The van der Waals surface area contributed by atoms with Crippen LogP contribution in [0.3, 0.4) is 0 Å². The topological polar surface area (TPSA) is 51.3 Å². The molecule has 1 heterocycles. The molecule has 4 nitrogen and oxygen atoms in total. The second kappa shape index (κ2) is 8.48. The van der Waals surface area contributed by atoms with Gasteiger partial charge in [0.1, 0.15) is 6.61 Å². The van der Waals surface area contributed by atoms with E-state index in [1.54, 1.807) is 6.07 Å². The number of carbonyl (C=O) groups is 1. The number of carbonyl (C=O) groups excluding carboxylic acids is 1. The zero-order valence-corrected chi connectivity index (χ0v) is 15.3. The van der Waals surface area contributed by atoms with Gasteiger partial charge in [-0.25, -0.2) is 4.79 Å². The second-order valence-corrected chi connectivity index (χ2v) is 6.52. The van der Waals surface area contributed by atoms with Crippen molar-refractivity contribution in [2.75, 3.05) is 13.7 Å². The number of aromatic amines is 1. The Bertz CT molecular complexity index is 935. The van der Waals surface area contributed by atoms with Gasteiger partial charge in [-0.2, -0.15) is 13.2 Å². The molecule has 2 aromatic carbocycles. The monoisotopic (exact) mass is 391 g/mol. The lowest BCUT2D eigenvalue weighted by molar-refractivity contribution is -0.193. The minimum Gasteiger partial charge on any atom is -0.467 e. The number of rotatable bonds is 7. The number of halogens is 3. The number of ether oxygens (including phenoxy) is 2. The number of fused-ring (bicyclic) bond motifs is 1. The highest BCUT2D eigenvalue weighted by Gasteiger charge is 2.32. The van der Waals surface area contributed by atoms with Gasteiger partial charge in [-0.05, 0) is 34.7 Å². The minimum atomic E-state index is -4.51. The van der Waals surface area contributed by atoms with Crippen LogP contribution >= 0.6 is 0 Å². The van der Waals surface area contributed by atoms with Crippen molar-refractivity contribution in [1.82, 2.24) is 4.98 Å². The van der Waals surface area contributed by atoms with Crippen LogP contribution in [-0.4, -0.2) is 37.0 Å². The third-order valence-electron chi connectivity index (χ3n) is 4.31. The fourth-order valence-corrected chi connectivity index (χ4v) is 3.03. The third kappa shape index (κ3) is 5.36. The summed E-state index contributed by atoms with van der Waals surface area (Å²) in [7, 11) is 1.12. The summed E-state index contributed by atoms with van der Waals surface area (Å²) in [5, 5.41) is 0.919. The van der Waals surface area contributed by atoms with Crippen LogP contribution in [0.15, 0.2) is 54.6 Å². The molecule has 0 spiro atoms. The van der Waals surface area contributed by atoms with Crippen LogP contribution < -0.4 is 0 Å². The standard InChI is InChI=1S/C21H20F3NO3/c1-27-20(26)19(28-13-21(22,23)24)11-15-7-8-18-16(9-15)12-17(25-18)10-14-5-3-2-4-6-14/h2-9,12,19,25H,10-11,13H2,1H3. The normalized spacial score (nSPS) is 12.9. The largest absolute Gasteiger partial charge is 0.467 e. The fraction of sp³-hybridized carbons (Fsp3) is 0.286. The summed E-state index contributed by atoms with van der Waals surface area (Å²) in [6.07, 6.45) is -5.09. The van der Waals surface area contributed by atoms with Crippen LogP contribution in [0, 0.1) is 0 Å². The van der Waals surface area contributed by atoms with Crippen LogP contribution in [0.5, 0.6) is 0 Å². The molecule has 0 fully saturated rings. The van der Waals surface area contributed by atoms with Gasteiger partial charge in [0.15, 0.2) is 6.10 Å². The Balaban J connectivity index is 1.75. The first-order chi connectivity index (χ1) is 13.3. The lowest BCUT2D eigenvalue weighted by Crippen LogP contribution is -2.32. The Kier molecular flexibility index (Phi) is 6.04. The highest BCUT2D eigenvalue weighted by atomic mass is 19.4. The highest BCUT2D eigenvalue weighted by Crippen LogP contribution is 2.22. The van der Waals surface area contributed by atoms with E-state index in [1.807, 2.05) is 48.5 Å². The van der Waals surface area contributed by atoms with Gasteiger partial charge >= 0.3 is 12.1 Å². The molecule has 0 saturated carbocycles. The van der Waals surface area contributed by atoms with Crippen molar-refractivity contribution in [1.29, 1.82) is 0 Å². The lowest BCUT2D eigenvalue weighted by Gasteiger charge is -2.17. The molecule has 7 heteroatoms. The van der Waals surface area contributed by atoms with E-state index < -0.39 is 24.9 Å². The number of alkyl halides is 3. The first kappa shape index (κ1) is 19.9. The molecule has 0 saturated heterocycles. The number of benzene rings is 2. The zero-order valence-electron chi connectivity index (χ0n) is 15.3. The van der Waals surface area contributed by atoms with E-state index in [1.165, 1.54) is 5.56 Å². The average molecular weight is 391 g/mol. The maximum atomic E-state index is 12.4. The van der Waals surface area contributed by atoms with Crippen LogP contribution in [0.25, 0.3) is 10.9 Å². The van der Waals surface area contributed by atoms with Crippen molar-refractivity contribution in [3.8, 4) is 0 Å². The molecule has 0 bridgehead atoms. The Labute approximate surface area is 160 Å². The number of methoxy groups -OCH3 is 1. The van der Waals surface area contributed by atoms with Crippen LogP contribution in [0.1, 0.15) is 16.8 Å². The highest BCUT2D eigenvalue weighted by molar-refractivity contribution is 5.82. The van der Waals surface area contributed by atoms with Crippen molar-refractivity contribution in [2.24, 2.45) is 0 Å². The first-order valence-corrected chi connectivity index (χ1v) is 8.75. The molecule has 3 rings (SSSR count). The summed E-state index contributed by atoms with van der Waals surface area (Å²) < 4.78 is 46.6. The molecule has 1 aromatic heterocycles. The average Bonchev–Trinajstić information content (AvgIpc) is 3.06. The summed E-state index contributed by atoms with van der Waals surface area (Å²) in [6.45, 7) is -1.50. The third-order valence-corrected chi connectivity index (χ3v) is 4.31. The molecule has 1 atom stereocenters. The maximum Gasteiger partial charge on any atom is 0.411 e. The van der Waals surface area contributed by atoms with E-state index in [9.17, 15) is 18.0 Å². The Morgan fingerprint density at radius 3 is 2.50 bits per heavy atom. The molecule has 148 valence electrons. The molecule has 1 N–H and O–H groups in total. The molecule has 3 aromatic rings. The van der Waals surface area contributed by atoms with Crippen LogP contribution in [-0.2, 0) is 27.1 Å². The van der Waals surface area contributed by atoms with E-state index in [-0.39, 0.29) is 6.42 Å². The van der Waals surface area contributed by atoms with E-state index >= 15 is 0 Å². The predicted octanol–water partition coefficient (Wildman–Crippen LogP) is 4.42. The van der Waals surface area contributed by atoms with Gasteiger partial charge in [-0.3, -0.25) is 0 Å². The van der Waals surface area contributed by atoms with Crippen molar-refractivity contribution in [3.63, 3.8) is 0 Å². The van der Waals surface area contributed by atoms with Gasteiger partial charge < -0.3 is 14.5 Å². The minimum absolute atomic E-state index is 0.00209. The molecule has 0 aliphatic carbocycles. The van der Waals surface area contributed by atoms with Crippen molar-refractivity contribution in [2.45, 2.75) is 25.1 Å². The molecule has 0 aliphatic rings. The van der Waals surface area contributed by atoms with E-state index in [0.717, 1.165) is 30.1 Å². The van der Waals surface area contributed by atoms with Gasteiger partial charge in [-0.1, -0.05) is 36.4 Å². The first-order valence-electron chi connectivity index (χ1n) is 8.75. The van der Waals surface area contributed by atoms with Gasteiger partial charge in [0, 0.05) is 24.1 Å². The number of H-pyrrole nitrogens is 1. The summed E-state index contributed by atoms with van der Waals surface area (Å²) >= 11 is 0. The van der Waals surface area contributed by atoms with Crippen molar-refractivity contribution in [3.05, 3.63) is 71.4 Å². The molecular formula is C21H20F3NO3. The van der Waals surface area contributed by atoms with E-state index in [0.29, 0.717) is 5.56 Å². The van der Waals surface area contributed by atoms with Crippen LogP contribution in [0.4, 0.5) is 13.2 Å². The summed E-state index contributed by atoms with van der Waals surface area (Å²) in [6, 6.07) is 17.4. The number of hydrogen-bond donors (Lipinski definition) is 1. The Morgan fingerprint density at radius 2 is 1.82 bits per heavy atom. The van der Waals surface area contributed by atoms with Gasteiger partial charge in [0.05, 0.1) is 7.11 Å². The second-order valence-electron chi connectivity index (χ2n) is 6.52. The lowest BCUT2D eigenvalue weighted by atomic mass is 10.1. The number of hydrogen-bond acceptors (Lipinski definition) is 3. The molecule has 28 heavy (non-hydrogen) atoms. The maximum absolute atomic E-state index is 12.4. The van der Waals surface area contributed by atoms with Crippen molar-refractivity contribution < 1.29 is 27.4 Å². The number of esters is 1. The van der Waals surface area contributed by atoms with Gasteiger partial charge in [0.2, 0.25) is 0 Å². The smallest absolute Gasteiger partial charge is 0.411 e. The Morgan fingerprint density at radius 1 is 1.07 bits per heavy atom. The Hall–Kier alpha value is -2.80. The number of aromatic nitrogens is 1. The zero-order chi connectivity index (χ0) is 20.1. The molecule has 0 radical (unpaired) electrons. The molecule has 1 unspecified atom stereocenters. The SMILES string of the molecule is COC(=O)C(Cc1ccc2[nH]c(Cc3ccccc3)cc2c1)OCC(F)(F)F. The van der Waals surface area contributed by atoms with Gasteiger partial charge in [0.25, 0.3) is 0 Å².